The van der Waals surface area contributed by atoms with Gasteiger partial charge in [-0.1, -0.05) is 0 Å². The predicted octanol–water partition coefficient (Wildman–Crippen LogP) is 1.54. The summed E-state index contributed by atoms with van der Waals surface area (Å²) < 4.78 is 32.2. The van der Waals surface area contributed by atoms with Crippen LogP contribution in [0.15, 0.2) is 52.0 Å². The van der Waals surface area contributed by atoms with E-state index in [1.54, 1.807) is 22.7 Å². The standard InChI is InChI=1S/C21H24N4O5S2/c1-31-14-8-18(23-20(26)19-3-2-13-30-19)21(27)24-9-11-25(12-10-24)32(28,29)17-6-4-16(15-22)5-7-17/h2-7,13,18H,8-12,14H2,1H3,(H,23,26)/t18-/m1/s1. The summed E-state index contributed by atoms with van der Waals surface area (Å²) in [6.45, 7) is 0.742. The first-order valence-corrected chi connectivity index (χ1v) is 12.8. The van der Waals surface area contributed by atoms with Crippen LogP contribution in [0.2, 0.25) is 0 Å². The van der Waals surface area contributed by atoms with Crippen LogP contribution in [-0.2, 0) is 14.8 Å². The van der Waals surface area contributed by atoms with Gasteiger partial charge < -0.3 is 14.6 Å². The minimum Gasteiger partial charge on any atom is -0.459 e. The van der Waals surface area contributed by atoms with Crippen molar-refractivity contribution in [3.63, 3.8) is 0 Å². The molecule has 2 heterocycles. The maximum atomic E-state index is 13.1. The number of benzene rings is 1. The first-order valence-electron chi connectivity index (χ1n) is 9.99. The minimum absolute atomic E-state index is 0.111. The van der Waals surface area contributed by atoms with Crippen molar-refractivity contribution in [1.29, 1.82) is 5.26 Å². The fraction of sp³-hybridized carbons (Fsp3) is 0.381. The van der Waals surface area contributed by atoms with Crippen LogP contribution in [0.5, 0.6) is 0 Å². The third kappa shape index (κ3) is 5.51. The topological polar surface area (TPSA) is 124 Å². The fourth-order valence-corrected chi connectivity index (χ4v) is 5.24. The highest BCUT2D eigenvalue weighted by atomic mass is 32.2. The minimum atomic E-state index is -3.72. The highest BCUT2D eigenvalue weighted by molar-refractivity contribution is 7.98. The zero-order chi connectivity index (χ0) is 23.1. The summed E-state index contributed by atoms with van der Waals surface area (Å²) in [5.41, 5.74) is 0.382. The first kappa shape index (κ1) is 23.8. The molecule has 3 rings (SSSR count). The fourth-order valence-electron chi connectivity index (χ4n) is 3.35. The van der Waals surface area contributed by atoms with Gasteiger partial charge in [0, 0.05) is 26.2 Å². The molecule has 0 spiro atoms. The number of nitrogens with one attached hydrogen (secondary N) is 1. The number of sulfonamides is 1. The van der Waals surface area contributed by atoms with Crippen molar-refractivity contribution in [3.05, 3.63) is 54.0 Å². The van der Waals surface area contributed by atoms with Crippen LogP contribution in [0, 0.1) is 11.3 Å². The van der Waals surface area contributed by atoms with Crippen LogP contribution >= 0.6 is 11.8 Å². The monoisotopic (exact) mass is 476 g/mol. The Morgan fingerprint density at radius 2 is 1.88 bits per heavy atom. The Bertz CT molecular complexity index is 1070. The average molecular weight is 477 g/mol. The SMILES string of the molecule is CSCC[C@@H](NC(=O)c1ccco1)C(=O)N1CCN(S(=O)(=O)c2ccc(C#N)cc2)CC1. The average Bonchev–Trinajstić information content (AvgIpc) is 3.36. The molecule has 2 amide bonds. The van der Waals surface area contributed by atoms with Gasteiger partial charge in [0.05, 0.1) is 22.8 Å². The van der Waals surface area contributed by atoms with E-state index < -0.39 is 22.0 Å². The van der Waals surface area contributed by atoms with Gasteiger partial charge in [0.2, 0.25) is 15.9 Å². The Balaban J connectivity index is 1.64. The van der Waals surface area contributed by atoms with Crippen LogP contribution < -0.4 is 5.32 Å². The molecule has 1 aliphatic rings. The highest BCUT2D eigenvalue weighted by Gasteiger charge is 2.33. The van der Waals surface area contributed by atoms with E-state index in [-0.39, 0.29) is 42.7 Å². The molecule has 1 aromatic heterocycles. The van der Waals surface area contributed by atoms with Gasteiger partial charge >= 0.3 is 0 Å². The van der Waals surface area contributed by atoms with Gasteiger partial charge in [-0.15, -0.1) is 0 Å². The molecule has 0 aliphatic carbocycles. The second-order valence-corrected chi connectivity index (χ2v) is 10.1. The maximum absolute atomic E-state index is 13.1. The molecular formula is C21H24N4O5S2. The lowest BCUT2D eigenvalue weighted by atomic mass is 10.1. The number of furan rings is 1. The Hall–Kier alpha value is -2.81. The molecular weight excluding hydrogens is 452 g/mol. The van der Waals surface area contributed by atoms with Crippen molar-refractivity contribution in [2.45, 2.75) is 17.4 Å². The van der Waals surface area contributed by atoms with E-state index in [1.807, 2.05) is 12.3 Å². The van der Waals surface area contributed by atoms with E-state index in [0.29, 0.717) is 17.7 Å². The smallest absolute Gasteiger partial charge is 0.287 e. The maximum Gasteiger partial charge on any atom is 0.287 e. The molecule has 32 heavy (non-hydrogen) atoms. The number of hydrogen-bond acceptors (Lipinski definition) is 7. The molecule has 0 unspecified atom stereocenters. The highest BCUT2D eigenvalue weighted by Crippen LogP contribution is 2.19. The van der Waals surface area contributed by atoms with Gasteiger partial charge in [-0.25, -0.2) is 8.42 Å². The van der Waals surface area contributed by atoms with Crippen molar-refractivity contribution >= 4 is 33.6 Å². The Kier molecular flexibility index (Phi) is 7.95. The zero-order valence-electron chi connectivity index (χ0n) is 17.6. The van der Waals surface area contributed by atoms with E-state index in [2.05, 4.69) is 5.32 Å². The molecule has 11 heteroatoms. The van der Waals surface area contributed by atoms with Crippen molar-refractivity contribution in [2.24, 2.45) is 0 Å². The van der Waals surface area contributed by atoms with Crippen LogP contribution in [0.25, 0.3) is 0 Å². The summed E-state index contributed by atoms with van der Waals surface area (Å²) in [5.74, 6) is 0.109. The molecule has 1 N–H and O–H groups in total. The normalized spacial score (nSPS) is 15.7. The van der Waals surface area contributed by atoms with E-state index in [4.69, 9.17) is 9.68 Å². The third-order valence-electron chi connectivity index (χ3n) is 5.13. The number of nitriles is 1. The number of thioether (sulfide) groups is 1. The Morgan fingerprint density at radius 3 is 2.44 bits per heavy atom. The Labute approximate surface area is 191 Å². The molecule has 170 valence electrons. The quantitative estimate of drug-likeness (QED) is 0.613. The zero-order valence-corrected chi connectivity index (χ0v) is 19.2. The summed E-state index contributed by atoms with van der Waals surface area (Å²) in [6.07, 6.45) is 3.76. The molecule has 1 saturated heterocycles. The number of hydrogen-bond donors (Lipinski definition) is 1. The van der Waals surface area contributed by atoms with E-state index >= 15 is 0 Å². The number of piperazine rings is 1. The number of carbonyl (C=O) groups excluding carboxylic acids is 2. The molecule has 1 fully saturated rings. The van der Waals surface area contributed by atoms with E-state index in [1.165, 1.54) is 40.9 Å². The lowest BCUT2D eigenvalue weighted by Gasteiger charge is -2.35. The molecule has 1 atom stereocenters. The van der Waals surface area contributed by atoms with Crippen molar-refractivity contribution in [1.82, 2.24) is 14.5 Å². The molecule has 0 radical (unpaired) electrons. The van der Waals surface area contributed by atoms with Crippen molar-refractivity contribution in [2.75, 3.05) is 38.2 Å². The second kappa shape index (κ2) is 10.7. The summed E-state index contributed by atoms with van der Waals surface area (Å²) >= 11 is 1.57. The van der Waals surface area contributed by atoms with Gasteiger partial charge in [0.15, 0.2) is 5.76 Å². The van der Waals surface area contributed by atoms with Crippen LogP contribution in [0.1, 0.15) is 22.5 Å². The lowest BCUT2D eigenvalue weighted by molar-refractivity contribution is -0.134. The van der Waals surface area contributed by atoms with Crippen LogP contribution in [0.4, 0.5) is 0 Å². The number of carbonyl (C=O) groups is 2. The molecule has 0 bridgehead atoms. The number of amides is 2. The van der Waals surface area contributed by atoms with Gasteiger partial charge in [0.1, 0.15) is 6.04 Å². The molecule has 1 aromatic carbocycles. The molecule has 2 aromatic rings. The lowest BCUT2D eigenvalue weighted by Crippen LogP contribution is -2.55. The first-order chi connectivity index (χ1) is 15.4. The van der Waals surface area contributed by atoms with Gasteiger partial charge in [-0.3, -0.25) is 9.59 Å². The van der Waals surface area contributed by atoms with Gasteiger partial charge in [0.25, 0.3) is 5.91 Å². The molecule has 0 saturated carbocycles. The second-order valence-electron chi connectivity index (χ2n) is 7.15. The number of nitrogens with zero attached hydrogens (tertiary/aromatic N) is 3. The molecule has 9 nitrogen and oxygen atoms in total. The third-order valence-corrected chi connectivity index (χ3v) is 7.69. The van der Waals surface area contributed by atoms with Crippen LogP contribution in [-0.4, -0.2) is 73.7 Å². The predicted molar refractivity (Wildman–Crippen MR) is 119 cm³/mol. The van der Waals surface area contributed by atoms with Crippen LogP contribution in [0.3, 0.4) is 0 Å². The van der Waals surface area contributed by atoms with Gasteiger partial charge in [-0.05, 0) is 54.8 Å². The number of rotatable bonds is 8. The summed E-state index contributed by atoms with van der Waals surface area (Å²) in [6, 6.07) is 10.1. The summed E-state index contributed by atoms with van der Waals surface area (Å²) in [7, 11) is -3.72. The van der Waals surface area contributed by atoms with Crippen molar-refractivity contribution in [3.8, 4) is 6.07 Å². The van der Waals surface area contributed by atoms with E-state index in [0.717, 1.165) is 0 Å². The van der Waals surface area contributed by atoms with Gasteiger partial charge in [-0.2, -0.15) is 21.3 Å². The summed E-state index contributed by atoms with van der Waals surface area (Å²) in [4.78, 5) is 27.1. The largest absolute Gasteiger partial charge is 0.459 e. The summed E-state index contributed by atoms with van der Waals surface area (Å²) in [5, 5.41) is 11.6. The van der Waals surface area contributed by atoms with E-state index in [9.17, 15) is 18.0 Å². The molecule has 1 aliphatic heterocycles. The van der Waals surface area contributed by atoms with Crippen molar-refractivity contribution < 1.29 is 22.4 Å². The Morgan fingerprint density at radius 1 is 1.19 bits per heavy atom.